The average Bonchev–Trinajstić information content (AvgIpc) is 3.62. The smallest absolute Gasteiger partial charge is 0.145 e. The monoisotopic (exact) mass is 663 g/mol. The summed E-state index contributed by atoms with van der Waals surface area (Å²) in [5, 5.41) is 7.04. The van der Waals surface area contributed by atoms with Gasteiger partial charge in [0, 0.05) is 22.0 Å². The molecule has 0 spiro atoms. The van der Waals surface area contributed by atoms with Crippen LogP contribution in [0.15, 0.2) is 205 Å². The average molecular weight is 664 g/mol. The highest BCUT2D eigenvalue weighted by atomic mass is 16.3. The normalized spacial score (nSPS) is 11.5. The molecule has 0 fully saturated rings. The van der Waals surface area contributed by atoms with Crippen LogP contribution in [0.3, 0.4) is 0 Å². The lowest BCUT2D eigenvalue weighted by atomic mass is 9.96. The van der Waals surface area contributed by atoms with Crippen LogP contribution >= 0.6 is 0 Å². The van der Waals surface area contributed by atoms with Crippen LogP contribution < -0.4 is 4.90 Å². The molecule has 10 rings (SSSR count). The van der Waals surface area contributed by atoms with Crippen molar-refractivity contribution in [3.8, 4) is 33.4 Å². The summed E-state index contributed by atoms with van der Waals surface area (Å²) >= 11 is 0. The second-order valence-corrected chi connectivity index (χ2v) is 13.3. The molecular weight excluding hydrogens is 631 g/mol. The van der Waals surface area contributed by atoms with Crippen LogP contribution in [0.25, 0.3) is 76.9 Å². The highest BCUT2D eigenvalue weighted by Crippen LogP contribution is 2.48. The molecular formula is C50H33NO. The summed E-state index contributed by atoms with van der Waals surface area (Å²) in [4.78, 5) is 2.43. The second kappa shape index (κ2) is 12.5. The molecule has 1 heterocycles. The van der Waals surface area contributed by atoms with Gasteiger partial charge in [-0.3, -0.25) is 0 Å². The molecule has 1 aromatic heterocycles. The zero-order chi connectivity index (χ0) is 34.4. The van der Waals surface area contributed by atoms with Gasteiger partial charge >= 0.3 is 0 Å². The van der Waals surface area contributed by atoms with Gasteiger partial charge < -0.3 is 9.32 Å². The van der Waals surface area contributed by atoms with E-state index in [9.17, 15) is 0 Å². The Kier molecular flexibility index (Phi) is 7.18. The van der Waals surface area contributed by atoms with E-state index in [1.165, 1.54) is 43.8 Å². The molecule has 0 bridgehead atoms. The van der Waals surface area contributed by atoms with E-state index in [2.05, 4.69) is 205 Å². The van der Waals surface area contributed by atoms with Crippen molar-refractivity contribution in [1.82, 2.24) is 0 Å². The van der Waals surface area contributed by atoms with E-state index in [-0.39, 0.29) is 0 Å². The molecule has 0 aliphatic rings. The lowest BCUT2D eigenvalue weighted by Crippen LogP contribution is -2.11. The second-order valence-electron chi connectivity index (χ2n) is 13.3. The first kappa shape index (κ1) is 30.0. The zero-order valence-corrected chi connectivity index (χ0v) is 28.4. The molecule has 0 N–H and O–H groups in total. The van der Waals surface area contributed by atoms with Gasteiger partial charge in [-0.25, -0.2) is 0 Å². The van der Waals surface area contributed by atoms with Crippen LogP contribution in [0.4, 0.5) is 17.1 Å². The number of fused-ring (bicyclic) bond motifs is 6. The molecule has 10 aromatic rings. The Morgan fingerprint density at radius 1 is 0.327 bits per heavy atom. The quantitative estimate of drug-likeness (QED) is 0.165. The molecule has 0 saturated heterocycles. The number of rotatable bonds is 6. The summed E-state index contributed by atoms with van der Waals surface area (Å²) in [7, 11) is 0. The molecule has 52 heavy (non-hydrogen) atoms. The lowest BCUT2D eigenvalue weighted by molar-refractivity contribution is 0.670. The van der Waals surface area contributed by atoms with Gasteiger partial charge in [0.25, 0.3) is 0 Å². The van der Waals surface area contributed by atoms with Crippen LogP contribution in [0, 0.1) is 0 Å². The minimum atomic E-state index is 0.870. The maximum atomic E-state index is 6.82. The van der Waals surface area contributed by atoms with Gasteiger partial charge in [0.05, 0.1) is 16.8 Å². The molecule has 0 radical (unpaired) electrons. The molecule has 2 nitrogen and oxygen atoms in total. The molecule has 0 amide bonds. The van der Waals surface area contributed by atoms with Gasteiger partial charge in [-0.2, -0.15) is 0 Å². The third-order valence-corrected chi connectivity index (χ3v) is 10.3. The van der Waals surface area contributed by atoms with Crippen molar-refractivity contribution in [2.24, 2.45) is 0 Å². The topological polar surface area (TPSA) is 16.4 Å². The van der Waals surface area contributed by atoms with Crippen LogP contribution in [-0.4, -0.2) is 0 Å². The summed E-state index contributed by atoms with van der Waals surface area (Å²) < 4.78 is 6.82. The molecule has 0 atom stereocenters. The third kappa shape index (κ3) is 5.04. The molecule has 0 aliphatic carbocycles. The van der Waals surface area contributed by atoms with E-state index in [0.717, 1.165) is 50.1 Å². The zero-order valence-electron chi connectivity index (χ0n) is 28.4. The molecule has 9 aromatic carbocycles. The van der Waals surface area contributed by atoms with E-state index in [0.29, 0.717) is 0 Å². The number of furan rings is 1. The van der Waals surface area contributed by atoms with Crippen LogP contribution in [0.5, 0.6) is 0 Å². The first-order valence-corrected chi connectivity index (χ1v) is 17.8. The van der Waals surface area contributed by atoms with E-state index in [4.69, 9.17) is 4.42 Å². The van der Waals surface area contributed by atoms with Gasteiger partial charge in [0.2, 0.25) is 0 Å². The lowest BCUT2D eigenvalue weighted by Gasteiger charge is -2.28. The Bertz CT molecular complexity index is 2870. The Morgan fingerprint density at radius 3 is 1.60 bits per heavy atom. The van der Waals surface area contributed by atoms with E-state index in [1.54, 1.807) is 0 Å². The van der Waals surface area contributed by atoms with Crippen molar-refractivity contribution in [1.29, 1.82) is 0 Å². The SMILES string of the molecule is c1ccc(-c2ccc(-c3ccc(N(c4ccc(-c5ccccc5)cc4)c4cccc5ccc6ccccc6c45)c4c3oc3ccccc34)cc2)cc1. The van der Waals surface area contributed by atoms with Crippen LogP contribution in [-0.2, 0) is 0 Å². The first-order valence-electron chi connectivity index (χ1n) is 17.8. The Balaban J connectivity index is 1.23. The number of benzene rings is 9. The summed E-state index contributed by atoms with van der Waals surface area (Å²) in [6, 6.07) is 71.6. The maximum Gasteiger partial charge on any atom is 0.145 e. The van der Waals surface area contributed by atoms with Crippen molar-refractivity contribution >= 4 is 60.5 Å². The van der Waals surface area contributed by atoms with Gasteiger partial charge in [-0.05, 0) is 80.4 Å². The number of para-hydroxylation sites is 1. The highest BCUT2D eigenvalue weighted by molar-refractivity contribution is 6.20. The number of anilines is 3. The Labute approximate surface area is 302 Å². The predicted molar refractivity (Wildman–Crippen MR) is 220 cm³/mol. The minimum Gasteiger partial charge on any atom is -0.455 e. The fraction of sp³-hybridized carbons (Fsp3) is 0. The van der Waals surface area contributed by atoms with Crippen molar-refractivity contribution in [3.63, 3.8) is 0 Å². The molecule has 0 unspecified atom stereocenters. The highest BCUT2D eigenvalue weighted by Gasteiger charge is 2.24. The first-order chi connectivity index (χ1) is 25.8. The standard InChI is InChI=1S/C50H33NO/c1-3-12-34(13-4-1)36-22-24-39(25-23-36)43-32-33-46(49-44-19-9-10-21-47(44)52-50(43)49)51(41-30-28-37(29-31-41)35-14-5-2-6-15-35)45-20-11-17-40-27-26-38-16-7-8-18-42(38)48(40)45/h1-33H. The largest absolute Gasteiger partial charge is 0.455 e. The van der Waals surface area contributed by atoms with E-state index in [1.807, 2.05) is 0 Å². The predicted octanol–water partition coefficient (Wildman–Crippen LogP) is 14.4. The molecule has 0 saturated carbocycles. The van der Waals surface area contributed by atoms with E-state index >= 15 is 0 Å². The van der Waals surface area contributed by atoms with E-state index < -0.39 is 0 Å². The molecule has 2 heteroatoms. The minimum absolute atomic E-state index is 0.870. The van der Waals surface area contributed by atoms with Gasteiger partial charge in [-0.15, -0.1) is 0 Å². The summed E-state index contributed by atoms with van der Waals surface area (Å²) in [5.74, 6) is 0. The molecule has 0 aliphatic heterocycles. The third-order valence-electron chi connectivity index (χ3n) is 10.3. The molecule has 244 valence electrons. The maximum absolute atomic E-state index is 6.82. The van der Waals surface area contributed by atoms with Gasteiger partial charge in [0.1, 0.15) is 11.2 Å². The van der Waals surface area contributed by atoms with Crippen molar-refractivity contribution in [3.05, 3.63) is 200 Å². The summed E-state index contributed by atoms with van der Waals surface area (Å²) in [6.07, 6.45) is 0. The van der Waals surface area contributed by atoms with Gasteiger partial charge in [0.15, 0.2) is 0 Å². The van der Waals surface area contributed by atoms with Crippen molar-refractivity contribution in [2.45, 2.75) is 0 Å². The summed E-state index contributed by atoms with van der Waals surface area (Å²) in [6.45, 7) is 0. The van der Waals surface area contributed by atoms with Gasteiger partial charge in [-0.1, -0.05) is 164 Å². The fourth-order valence-electron chi connectivity index (χ4n) is 7.76. The number of hydrogen-bond acceptors (Lipinski definition) is 2. The number of hydrogen-bond donors (Lipinski definition) is 0. The van der Waals surface area contributed by atoms with Crippen molar-refractivity contribution in [2.75, 3.05) is 4.90 Å². The number of nitrogens with zero attached hydrogens (tertiary/aromatic N) is 1. The van der Waals surface area contributed by atoms with Crippen molar-refractivity contribution < 1.29 is 4.42 Å². The Hall–Kier alpha value is -6.90. The van der Waals surface area contributed by atoms with Crippen LogP contribution in [0.1, 0.15) is 0 Å². The van der Waals surface area contributed by atoms with Crippen LogP contribution in [0.2, 0.25) is 0 Å². The Morgan fingerprint density at radius 2 is 0.865 bits per heavy atom. The fourth-order valence-corrected chi connectivity index (χ4v) is 7.76. The summed E-state index contributed by atoms with van der Waals surface area (Å²) in [5.41, 5.74) is 12.0.